The van der Waals surface area contributed by atoms with Crippen LogP contribution in [0.5, 0.6) is 5.75 Å². The second-order valence-electron chi connectivity index (χ2n) is 3.95. The van der Waals surface area contributed by atoms with Crippen molar-refractivity contribution in [3.8, 4) is 16.9 Å². The molecule has 0 unspecified atom stereocenters. The fourth-order valence-electron chi connectivity index (χ4n) is 1.91. The van der Waals surface area contributed by atoms with E-state index in [9.17, 15) is 9.18 Å². The van der Waals surface area contributed by atoms with Crippen LogP contribution in [0.25, 0.3) is 11.1 Å². The molecule has 0 heterocycles. The highest BCUT2D eigenvalue weighted by atomic mass is 19.1. The molecule has 0 amide bonds. The predicted molar refractivity (Wildman–Crippen MR) is 68.4 cm³/mol. The molecule has 92 valence electrons. The molecule has 0 bridgehead atoms. The molecule has 0 atom stereocenters. The van der Waals surface area contributed by atoms with Crippen molar-refractivity contribution in [3.63, 3.8) is 0 Å². The van der Waals surface area contributed by atoms with Crippen molar-refractivity contribution in [2.24, 2.45) is 0 Å². The van der Waals surface area contributed by atoms with Crippen molar-refractivity contribution in [1.29, 1.82) is 0 Å². The summed E-state index contributed by atoms with van der Waals surface area (Å²) in [6.45, 7) is 1.42. The maximum absolute atomic E-state index is 13.2. The third kappa shape index (κ3) is 2.25. The summed E-state index contributed by atoms with van der Waals surface area (Å²) in [7, 11) is 1.57. The van der Waals surface area contributed by atoms with E-state index < -0.39 is 5.82 Å². The Bertz CT molecular complexity index is 591. The minimum atomic E-state index is -0.418. The summed E-state index contributed by atoms with van der Waals surface area (Å²) in [6.07, 6.45) is 0. The molecular formula is C15H13FO2. The van der Waals surface area contributed by atoms with Crippen molar-refractivity contribution in [3.05, 3.63) is 53.8 Å². The minimum absolute atomic E-state index is 0.171. The van der Waals surface area contributed by atoms with Gasteiger partial charge in [-0.2, -0.15) is 0 Å². The van der Waals surface area contributed by atoms with E-state index in [-0.39, 0.29) is 5.78 Å². The molecule has 3 heteroatoms. The molecule has 2 aromatic carbocycles. The Morgan fingerprint density at radius 2 is 1.83 bits per heavy atom. The molecule has 0 N–H and O–H groups in total. The van der Waals surface area contributed by atoms with Crippen molar-refractivity contribution >= 4 is 5.78 Å². The first-order chi connectivity index (χ1) is 8.63. The molecule has 0 aliphatic carbocycles. The van der Waals surface area contributed by atoms with Gasteiger partial charge >= 0.3 is 0 Å². The molecule has 0 fully saturated rings. The summed E-state index contributed by atoms with van der Waals surface area (Å²) < 4.78 is 18.5. The van der Waals surface area contributed by atoms with Crippen LogP contribution in [0.1, 0.15) is 17.3 Å². The van der Waals surface area contributed by atoms with Gasteiger partial charge in [-0.05, 0) is 30.7 Å². The van der Waals surface area contributed by atoms with Crippen LogP contribution in [0.2, 0.25) is 0 Å². The van der Waals surface area contributed by atoms with Gasteiger partial charge in [0.15, 0.2) is 5.78 Å². The van der Waals surface area contributed by atoms with Gasteiger partial charge in [-0.3, -0.25) is 4.79 Å². The Labute approximate surface area is 105 Å². The van der Waals surface area contributed by atoms with Crippen LogP contribution in [0.3, 0.4) is 0 Å². The van der Waals surface area contributed by atoms with Gasteiger partial charge in [0.1, 0.15) is 11.6 Å². The van der Waals surface area contributed by atoms with Gasteiger partial charge in [0.05, 0.1) is 7.11 Å². The Morgan fingerprint density at radius 1 is 1.11 bits per heavy atom. The summed E-state index contributed by atoms with van der Waals surface area (Å²) >= 11 is 0. The van der Waals surface area contributed by atoms with Crippen LogP contribution < -0.4 is 4.74 Å². The van der Waals surface area contributed by atoms with Crippen LogP contribution >= 0.6 is 0 Å². The highest BCUT2D eigenvalue weighted by Gasteiger charge is 2.13. The quantitative estimate of drug-likeness (QED) is 0.769. The molecule has 0 saturated heterocycles. The maximum atomic E-state index is 13.2. The number of benzene rings is 2. The van der Waals surface area contributed by atoms with Gasteiger partial charge in [-0.1, -0.05) is 24.3 Å². The molecule has 0 aromatic heterocycles. The number of ether oxygens (including phenoxy) is 1. The zero-order chi connectivity index (χ0) is 13.1. The molecule has 0 radical (unpaired) electrons. The van der Waals surface area contributed by atoms with E-state index in [4.69, 9.17) is 4.74 Å². The van der Waals surface area contributed by atoms with Crippen molar-refractivity contribution in [1.82, 2.24) is 0 Å². The van der Waals surface area contributed by atoms with E-state index in [1.807, 2.05) is 24.3 Å². The highest BCUT2D eigenvalue weighted by Crippen LogP contribution is 2.32. The Kier molecular flexibility index (Phi) is 3.42. The highest BCUT2D eigenvalue weighted by molar-refractivity contribution is 6.01. The lowest BCUT2D eigenvalue weighted by Crippen LogP contribution is -1.98. The molecular weight excluding hydrogens is 231 g/mol. The van der Waals surface area contributed by atoms with Crippen LogP contribution in [0.15, 0.2) is 42.5 Å². The molecule has 0 aliphatic heterocycles. The Hall–Kier alpha value is -2.16. The van der Waals surface area contributed by atoms with Crippen LogP contribution in [-0.2, 0) is 0 Å². The van der Waals surface area contributed by atoms with Gasteiger partial charge in [0, 0.05) is 11.1 Å². The van der Waals surface area contributed by atoms with Gasteiger partial charge in [-0.15, -0.1) is 0 Å². The number of carbonyl (C=O) groups excluding carboxylic acids is 1. The number of halogens is 1. The van der Waals surface area contributed by atoms with E-state index in [0.29, 0.717) is 16.9 Å². The first-order valence-electron chi connectivity index (χ1n) is 5.57. The lowest BCUT2D eigenvalue weighted by molar-refractivity contribution is 0.101. The number of hydrogen-bond donors (Lipinski definition) is 0. The van der Waals surface area contributed by atoms with Crippen LogP contribution in [0, 0.1) is 5.82 Å². The lowest BCUT2D eigenvalue weighted by atomic mass is 9.96. The van der Waals surface area contributed by atoms with Crippen molar-refractivity contribution in [2.75, 3.05) is 7.11 Å². The van der Waals surface area contributed by atoms with Gasteiger partial charge in [-0.25, -0.2) is 4.39 Å². The van der Waals surface area contributed by atoms with E-state index in [0.717, 1.165) is 5.56 Å². The normalized spacial score (nSPS) is 10.2. The lowest BCUT2D eigenvalue weighted by Gasteiger charge is -2.11. The molecule has 0 spiro atoms. The van der Waals surface area contributed by atoms with Gasteiger partial charge < -0.3 is 4.74 Å². The average Bonchev–Trinajstić information content (AvgIpc) is 2.38. The largest absolute Gasteiger partial charge is 0.496 e. The molecule has 2 nitrogen and oxygen atoms in total. The zero-order valence-corrected chi connectivity index (χ0v) is 10.2. The average molecular weight is 244 g/mol. The first kappa shape index (κ1) is 12.3. The van der Waals surface area contributed by atoms with E-state index >= 15 is 0 Å². The second kappa shape index (κ2) is 5.00. The fourth-order valence-corrected chi connectivity index (χ4v) is 1.91. The van der Waals surface area contributed by atoms with Crippen molar-refractivity contribution < 1.29 is 13.9 Å². The third-order valence-electron chi connectivity index (χ3n) is 2.76. The Morgan fingerprint density at radius 3 is 2.50 bits per heavy atom. The number of ketones is 1. The van der Waals surface area contributed by atoms with Gasteiger partial charge in [0.25, 0.3) is 0 Å². The number of methoxy groups -OCH3 is 1. The number of rotatable bonds is 3. The third-order valence-corrected chi connectivity index (χ3v) is 2.76. The molecule has 0 aliphatic rings. The maximum Gasteiger partial charge on any atom is 0.160 e. The van der Waals surface area contributed by atoms with Crippen LogP contribution in [0.4, 0.5) is 4.39 Å². The monoisotopic (exact) mass is 244 g/mol. The number of hydrogen-bond acceptors (Lipinski definition) is 2. The standard InChI is InChI=1S/C15H13FO2/c1-10(17)14-9-11(16)7-8-12(14)13-5-3-4-6-15(13)18-2/h3-9H,1-2H3. The number of para-hydroxylation sites is 1. The predicted octanol–water partition coefficient (Wildman–Crippen LogP) is 3.70. The summed E-state index contributed by atoms with van der Waals surface area (Å²) in [5.41, 5.74) is 1.83. The SMILES string of the molecule is COc1ccccc1-c1ccc(F)cc1C(C)=O. The topological polar surface area (TPSA) is 26.3 Å². The summed E-state index contributed by atoms with van der Waals surface area (Å²) in [5.74, 6) is 0.0702. The van der Waals surface area contributed by atoms with Crippen molar-refractivity contribution in [2.45, 2.75) is 6.92 Å². The fraction of sp³-hybridized carbons (Fsp3) is 0.133. The smallest absolute Gasteiger partial charge is 0.160 e. The molecule has 2 aromatic rings. The summed E-state index contributed by atoms with van der Waals surface area (Å²) in [4.78, 5) is 11.6. The molecule has 18 heavy (non-hydrogen) atoms. The minimum Gasteiger partial charge on any atom is -0.496 e. The molecule has 0 saturated carbocycles. The number of Topliss-reactive ketones (excluding diaryl/α,β-unsaturated/α-hetero) is 1. The van der Waals surface area contributed by atoms with E-state index in [1.54, 1.807) is 13.2 Å². The van der Waals surface area contributed by atoms with E-state index in [1.165, 1.54) is 19.1 Å². The van der Waals surface area contributed by atoms with E-state index in [2.05, 4.69) is 0 Å². The van der Waals surface area contributed by atoms with Crippen LogP contribution in [-0.4, -0.2) is 12.9 Å². The number of carbonyl (C=O) groups is 1. The van der Waals surface area contributed by atoms with Gasteiger partial charge in [0.2, 0.25) is 0 Å². The zero-order valence-electron chi connectivity index (χ0n) is 10.2. The summed E-state index contributed by atoms with van der Waals surface area (Å²) in [6, 6.07) is 11.5. The second-order valence-corrected chi connectivity index (χ2v) is 3.95. The Balaban J connectivity index is 2.67. The summed E-state index contributed by atoms with van der Waals surface area (Å²) in [5, 5.41) is 0. The first-order valence-corrected chi connectivity index (χ1v) is 5.57. The molecule has 2 rings (SSSR count).